The van der Waals surface area contributed by atoms with Crippen LogP contribution in [0.25, 0.3) is 0 Å². The molecule has 0 heterocycles. The van der Waals surface area contributed by atoms with Crippen molar-refractivity contribution >= 4 is 11.6 Å². The van der Waals surface area contributed by atoms with E-state index in [4.69, 9.17) is 22.1 Å². The van der Waals surface area contributed by atoms with Crippen LogP contribution in [-0.4, -0.2) is 6.54 Å². The predicted molar refractivity (Wildman–Crippen MR) is 78.1 cm³/mol. The van der Waals surface area contributed by atoms with Gasteiger partial charge in [-0.05, 0) is 29.8 Å². The minimum absolute atomic E-state index is 0.0508. The van der Waals surface area contributed by atoms with Crippen LogP contribution in [0.2, 0.25) is 5.02 Å². The Morgan fingerprint density at radius 3 is 2.60 bits per heavy atom. The fourth-order valence-electron chi connectivity index (χ4n) is 1.59. The first-order valence-corrected chi connectivity index (χ1v) is 6.43. The number of benzene rings is 2. The Bertz CT molecular complexity index is 644. The monoisotopic (exact) mass is 289 g/mol. The molecule has 2 rings (SSSR count). The molecule has 0 unspecified atom stereocenters. The zero-order chi connectivity index (χ0) is 14.4. The second-order valence-electron chi connectivity index (χ2n) is 4.04. The second-order valence-corrected chi connectivity index (χ2v) is 4.45. The van der Waals surface area contributed by atoms with Crippen LogP contribution >= 0.6 is 11.6 Å². The van der Waals surface area contributed by atoms with Crippen LogP contribution in [0.4, 0.5) is 4.39 Å². The summed E-state index contributed by atoms with van der Waals surface area (Å²) >= 11 is 5.68. The molecule has 2 aromatic rings. The van der Waals surface area contributed by atoms with Crippen molar-refractivity contribution in [3.8, 4) is 17.6 Å². The van der Waals surface area contributed by atoms with E-state index < -0.39 is 5.82 Å². The molecule has 0 amide bonds. The molecule has 0 aromatic heterocycles. The van der Waals surface area contributed by atoms with Crippen LogP contribution < -0.4 is 10.5 Å². The van der Waals surface area contributed by atoms with E-state index in [0.717, 1.165) is 11.1 Å². The lowest BCUT2D eigenvalue weighted by Gasteiger charge is -2.08. The summed E-state index contributed by atoms with van der Waals surface area (Å²) in [5, 5.41) is 0.0508. The molecule has 0 aliphatic carbocycles. The maximum atomic E-state index is 13.6. The number of nitrogens with two attached hydrogens (primary N) is 1. The van der Waals surface area contributed by atoms with E-state index in [2.05, 4.69) is 11.8 Å². The summed E-state index contributed by atoms with van der Waals surface area (Å²) < 4.78 is 19.0. The number of ether oxygens (including phenoxy) is 1. The SMILES string of the molecule is NCC#Cc1ccc(COc2cccc(Cl)c2F)cc1. The lowest BCUT2D eigenvalue weighted by molar-refractivity contribution is 0.290. The van der Waals surface area contributed by atoms with Crippen molar-refractivity contribution in [1.29, 1.82) is 0 Å². The molecule has 0 bridgehead atoms. The van der Waals surface area contributed by atoms with Gasteiger partial charge in [0.2, 0.25) is 0 Å². The molecule has 0 atom stereocenters. The summed E-state index contributed by atoms with van der Waals surface area (Å²) in [7, 11) is 0. The predicted octanol–water partition coefficient (Wildman–Crippen LogP) is 3.37. The van der Waals surface area contributed by atoms with Gasteiger partial charge in [-0.25, -0.2) is 4.39 Å². The standard InChI is InChI=1S/C16H13ClFNO/c17-14-4-1-5-15(16(14)18)20-11-13-8-6-12(7-9-13)3-2-10-19/h1,4-9H,10-11,19H2. The average Bonchev–Trinajstić information content (AvgIpc) is 2.48. The summed E-state index contributed by atoms with van der Waals surface area (Å²) in [6, 6.07) is 12.2. The van der Waals surface area contributed by atoms with Crippen LogP contribution in [0.5, 0.6) is 5.75 Å². The van der Waals surface area contributed by atoms with Gasteiger partial charge in [-0.3, -0.25) is 0 Å². The van der Waals surface area contributed by atoms with E-state index in [1.807, 2.05) is 24.3 Å². The average molecular weight is 290 g/mol. The first kappa shape index (κ1) is 14.4. The van der Waals surface area contributed by atoms with Crippen molar-refractivity contribution in [2.75, 3.05) is 6.54 Å². The minimum atomic E-state index is -0.542. The van der Waals surface area contributed by atoms with Crippen molar-refractivity contribution < 1.29 is 9.13 Å². The van der Waals surface area contributed by atoms with Gasteiger partial charge in [0.05, 0.1) is 11.6 Å². The molecule has 0 aliphatic heterocycles. The molecule has 0 spiro atoms. The molecular weight excluding hydrogens is 277 g/mol. The zero-order valence-electron chi connectivity index (χ0n) is 10.7. The second kappa shape index (κ2) is 6.95. The highest BCUT2D eigenvalue weighted by Crippen LogP contribution is 2.24. The smallest absolute Gasteiger partial charge is 0.183 e. The van der Waals surface area contributed by atoms with Crippen molar-refractivity contribution in [2.24, 2.45) is 5.73 Å². The molecule has 2 nitrogen and oxygen atoms in total. The van der Waals surface area contributed by atoms with Gasteiger partial charge in [-0.1, -0.05) is 41.6 Å². The molecule has 0 saturated carbocycles. The number of rotatable bonds is 3. The summed E-state index contributed by atoms with van der Waals surface area (Å²) in [6.45, 7) is 0.598. The number of halogens is 2. The maximum Gasteiger partial charge on any atom is 0.183 e. The Kier molecular flexibility index (Phi) is 5.00. The Morgan fingerprint density at radius 2 is 1.90 bits per heavy atom. The molecule has 0 aliphatic rings. The summed E-state index contributed by atoms with van der Waals surface area (Å²) in [4.78, 5) is 0. The van der Waals surface area contributed by atoms with Crippen LogP contribution in [0.3, 0.4) is 0 Å². The highest BCUT2D eigenvalue weighted by molar-refractivity contribution is 6.30. The van der Waals surface area contributed by atoms with Gasteiger partial charge < -0.3 is 10.5 Å². The fraction of sp³-hybridized carbons (Fsp3) is 0.125. The third-order valence-corrected chi connectivity index (χ3v) is 2.89. The van der Waals surface area contributed by atoms with Gasteiger partial charge >= 0.3 is 0 Å². The van der Waals surface area contributed by atoms with Crippen molar-refractivity contribution in [3.05, 3.63) is 64.4 Å². The maximum absolute atomic E-state index is 13.6. The molecule has 2 N–H and O–H groups in total. The molecule has 0 fully saturated rings. The molecule has 0 radical (unpaired) electrons. The highest BCUT2D eigenvalue weighted by atomic mass is 35.5. The highest BCUT2D eigenvalue weighted by Gasteiger charge is 2.07. The third-order valence-electron chi connectivity index (χ3n) is 2.60. The van der Waals surface area contributed by atoms with Crippen LogP contribution in [0, 0.1) is 17.7 Å². The molecule has 2 aromatic carbocycles. The normalized spacial score (nSPS) is 9.75. The van der Waals surface area contributed by atoms with Crippen LogP contribution in [0.1, 0.15) is 11.1 Å². The quantitative estimate of drug-likeness (QED) is 0.879. The van der Waals surface area contributed by atoms with Crippen LogP contribution in [0.15, 0.2) is 42.5 Å². The van der Waals surface area contributed by atoms with E-state index in [9.17, 15) is 4.39 Å². The van der Waals surface area contributed by atoms with Gasteiger partial charge in [-0.2, -0.15) is 0 Å². The van der Waals surface area contributed by atoms with Gasteiger partial charge in [0.1, 0.15) is 6.61 Å². The summed E-state index contributed by atoms with van der Waals surface area (Å²) in [5.74, 6) is 5.31. The fourth-order valence-corrected chi connectivity index (χ4v) is 1.76. The van der Waals surface area contributed by atoms with Crippen molar-refractivity contribution in [3.63, 3.8) is 0 Å². The largest absolute Gasteiger partial charge is 0.486 e. The van der Waals surface area contributed by atoms with Gasteiger partial charge in [0.25, 0.3) is 0 Å². The first-order chi connectivity index (χ1) is 9.70. The molecular formula is C16H13ClFNO. The van der Waals surface area contributed by atoms with Gasteiger partial charge in [0, 0.05) is 5.56 Å². The minimum Gasteiger partial charge on any atom is -0.486 e. The summed E-state index contributed by atoms with van der Waals surface area (Å²) in [5.41, 5.74) is 7.11. The lowest BCUT2D eigenvalue weighted by Crippen LogP contribution is -1.97. The van der Waals surface area contributed by atoms with Crippen molar-refractivity contribution in [1.82, 2.24) is 0 Å². The van der Waals surface area contributed by atoms with E-state index >= 15 is 0 Å². The molecule has 4 heteroatoms. The topological polar surface area (TPSA) is 35.2 Å². The van der Waals surface area contributed by atoms with Crippen molar-refractivity contribution in [2.45, 2.75) is 6.61 Å². The Labute approximate surface area is 122 Å². The van der Waals surface area contributed by atoms with Gasteiger partial charge in [-0.15, -0.1) is 0 Å². The molecule has 102 valence electrons. The number of hydrogen-bond donors (Lipinski definition) is 1. The zero-order valence-corrected chi connectivity index (χ0v) is 11.5. The van der Waals surface area contributed by atoms with Gasteiger partial charge in [0.15, 0.2) is 11.6 Å². The van der Waals surface area contributed by atoms with E-state index in [0.29, 0.717) is 6.54 Å². The van der Waals surface area contributed by atoms with E-state index in [1.165, 1.54) is 6.07 Å². The Morgan fingerprint density at radius 1 is 1.15 bits per heavy atom. The lowest BCUT2D eigenvalue weighted by atomic mass is 10.1. The summed E-state index contributed by atoms with van der Waals surface area (Å²) in [6.07, 6.45) is 0. The first-order valence-electron chi connectivity index (χ1n) is 6.05. The van der Waals surface area contributed by atoms with E-state index in [1.54, 1.807) is 12.1 Å². The molecule has 20 heavy (non-hydrogen) atoms. The molecule has 0 saturated heterocycles. The Balaban J connectivity index is 2.02. The van der Waals surface area contributed by atoms with E-state index in [-0.39, 0.29) is 17.4 Å². The van der Waals surface area contributed by atoms with Crippen LogP contribution in [-0.2, 0) is 6.61 Å². The number of hydrogen-bond acceptors (Lipinski definition) is 2. The Hall–Kier alpha value is -2.02. The third kappa shape index (κ3) is 3.74.